The predicted octanol–water partition coefficient (Wildman–Crippen LogP) is 4.26. The minimum absolute atomic E-state index is 0.295. The maximum atomic E-state index is 12.7. The van der Waals surface area contributed by atoms with E-state index >= 15 is 0 Å². The standard InChI is InChI=1S/C22H25N3O2S2/c26-14(3-1-2-6-22(27)7-8-22)11-18-20(15-4-9-24-13-19(15)28-18)21-25-16-12-23-10-5-17(16)29-21/h5,10,12,24,27H,1-4,6-9,11,13H2. The highest BCUT2D eigenvalue weighted by Crippen LogP contribution is 2.42. The van der Waals surface area contributed by atoms with E-state index < -0.39 is 5.60 Å². The summed E-state index contributed by atoms with van der Waals surface area (Å²) in [7, 11) is 0. The van der Waals surface area contributed by atoms with Crippen LogP contribution >= 0.6 is 22.7 Å². The Labute approximate surface area is 178 Å². The molecular weight excluding hydrogens is 402 g/mol. The average molecular weight is 428 g/mol. The van der Waals surface area contributed by atoms with E-state index in [2.05, 4.69) is 10.3 Å². The van der Waals surface area contributed by atoms with Gasteiger partial charge in [-0.05, 0) is 50.3 Å². The van der Waals surface area contributed by atoms with Crippen molar-refractivity contribution in [2.45, 2.75) is 63.5 Å². The molecule has 0 saturated heterocycles. The van der Waals surface area contributed by atoms with E-state index in [-0.39, 0.29) is 0 Å². The lowest BCUT2D eigenvalue weighted by molar-refractivity contribution is -0.118. The van der Waals surface area contributed by atoms with Gasteiger partial charge in [0.25, 0.3) is 0 Å². The van der Waals surface area contributed by atoms with Gasteiger partial charge >= 0.3 is 0 Å². The quantitative estimate of drug-likeness (QED) is 0.525. The van der Waals surface area contributed by atoms with Gasteiger partial charge in [0.1, 0.15) is 16.3 Å². The second kappa shape index (κ2) is 7.87. The van der Waals surface area contributed by atoms with Gasteiger partial charge in [0.05, 0.1) is 16.5 Å². The van der Waals surface area contributed by atoms with E-state index in [0.29, 0.717) is 18.6 Å². The molecule has 152 valence electrons. The number of unbranched alkanes of at least 4 members (excludes halogenated alkanes) is 1. The van der Waals surface area contributed by atoms with Gasteiger partial charge in [-0.25, -0.2) is 4.98 Å². The van der Waals surface area contributed by atoms with Crippen molar-refractivity contribution in [1.82, 2.24) is 15.3 Å². The largest absolute Gasteiger partial charge is 0.390 e. The zero-order valence-corrected chi connectivity index (χ0v) is 18.0. The molecule has 0 amide bonds. The number of ketones is 1. The number of Topliss-reactive ketones (excluding diaryl/α,β-unsaturated/α-hetero) is 1. The molecule has 1 fully saturated rings. The first-order valence-electron chi connectivity index (χ1n) is 10.4. The molecule has 29 heavy (non-hydrogen) atoms. The smallest absolute Gasteiger partial charge is 0.138 e. The summed E-state index contributed by atoms with van der Waals surface area (Å²) in [6.07, 6.45) is 10.2. The summed E-state index contributed by atoms with van der Waals surface area (Å²) < 4.78 is 1.14. The maximum absolute atomic E-state index is 12.7. The fourth-order valence-corrected chi connectivity index (χ4v) is 6.54. The molecule has 3 aromatic rings. The number of aromatic nitrogens is 2. The van der Waals surface area contributed by atoms with Gasteiger partial charge < -0.3 is 10.4 Å². The third-order valence-electron chi connectivity index (χ3n) is 5.94. The summed E-state index contributed by atoms with van der Waals surface area (Å²) in [4.78, 5) is 24.3. The third-order valence-corrected chi connectivity index (χ3v) is 8.22. The van der Waals surface area contributed by atoms with Crippen LogP contribution in [-0.4, -0.2) is 33.0 Å². The van der Waals surface area contributed by atoms with Gasteiger partial charge in [-0.3, -0.25) is 9.78 Å². The third kappa shape index (κ3) is 4.14. The lowest BCUT2D eigenvalue weighted by Gasteiger charge is -2.13. The molecule has 1 aliphatic heterocycles. The first kappa shape index (κ1) is 19.3. The van der Waals surface area contributed by atoms with Gasteiger partial charge in [0.2, 0.25) is 0 Å². The lowest BCUT2D eigenvalue weighted by Crippen LogP contribution is -2.22. The maximum Gasteiger partial charge on any atom is 0.138 e. The number of thiazole rings is 1. The number of nitrogens with zero attached hydrogens (tertiary/aromatic N) is 2. The van der Waals surface area contributed by atoms with Crippen LogP contribution in [0, 0.1) is 0 Å². The van der Waals surface area contributed by atoms with Crippen molar-refractivity contribution < 1.29 is 9.90 Å². The van der Waals surface area contributed by atoms with Gasteiger partial charge in [-0.2, -0.15) is 0 Å². The van der Waals surface area contributed by atoms with Crippen molar-refractivity contribution in [1.29, 1.82) is 0 Å². The highest BCUT2D eigenvalue weighted by molar-refractivity contribution is 7.22. The Morgan fingerprint density at radius 3 is 3.00 bits per heavy atom. The Bertz CT molecular complexity index is 1020. The Balaban J connectivity index is 1.36. The number of carbonyl (C=O) groups is 1. The molecule has 5 rings (SSSR count). The van der Waals surface area contributed by atoms with Crippen LogP contribution in [0.1, 0.15) is 53.8 Å². The van der Waals surface area contributed by atoms with Crippen LogP contribution in [0.3, 0.4) is 0 Å². The molecule has 0 spiro atoms. The predicted molar refractivity (Wildman–Crippen MR) is 118 cm³/mol. The summed E-state index contributed by atoms with van der Waals surface area (Å²) in [6.45, 7) is 1.85. The van der Waals surface area contributed by atoms with Crippen molar-refractivity contribution in [2.75, 3.05) is 6.54 Å². The molecular formula is C22H25N3O2S2. The molecule has 7 heteroatoms. The molecule has 1 saturated carbocycles. The SMILES string of the molecule is O=C(CCCCC1(O)CC1)Cc1sc2c(c1-c1nc3cnccc3s1)CCNC2. The number of aliphatic hydroxyl groups is 1. The first-order chi connectivity index (χ1) is 14.1. The highest BCUT2D eigenvalue weighted by Gasteiger charge is 2.39. The van der Waals surface area contributed by atoms with Gasteiger partial charge in [0, 0.05) is 40.9 Å². The van der Waals surface area contributed by atoms with Crippen molar-refractivity contribution in [2.24, 2.45) is 0 Å². The molecule has 0 atom stereocenters. The number of fused-ring (bicyclic) bond motifs is 2. The fraction of sp³-hybridized carbons (Fsp3) is 0.500. The second-order valence-corrected chi connectivity index (χ2v) is 10.5. The van der Waals surface area contributed by atoms with Crippen LogP contribution in [0.15, 0.2) is 18.5 Å². The molecule has 3 aromatic heterocycles. The number of carbonyl (C=O) groups excluding carboxylic acids is 1. The van der Waals surface area contributed by atoms with Crippen LogP contribution in [-0.2, 0) is 24.2 Å². The molecule has 0 aromatic carbocycles. The normalized spacial score (nSPS) is 17.4. The van der Waals surface area contributed by atoms with Gasteiger partial charge in [0.15, 0.2) is 0 Å². The van der Waals surface area contributed by atoms with Gasteiger partial charge in [-0.1, -0.05) is 6.42 Å². The molecule has 0 radical (unpaired) electrons. The number of hydrogen-bond acceptors (Lipinski definition) is 7. The molecule has 0 bridgehead atoms. The van der Waals surface area contributed by atoms with E-state index in [1.54, 1.807) is 28.9 Å². The zero-order chi connectivity index (χ0) is 19.8. The summed E-state index contributed by atoms with van der Waals surface area (Å²) >= 11 is 3.47. The summed E-state index contributed by atoms with van der Waals surface area (Å²) in [5.74, 6) is 0.295. The lowest BCUT2D eigenvalue weighted by atomic mass is 10.00. The topological polar surface area (TPSA) is 75.1 Å². The van der Waals surface area contributed by atoms with E-state index in [4.69, 9.17) is 4.98 Å². The van der Waals surface area contributed by atoms with Crippen molar-refractivity contribution in [3.8, 4) is 10.6 Å². The van der Waals surface area contributed by atoms with Gasteiger partial charge in [-0.15, -0.1) is 22.7 Å². The van der Waals surface area contributed by atoms with E-state index in [0.717, 1.165) is 71.7 Å². The summed E-state index contributed by atoms with van der Waals surface area (Å²) in [6, 6.07) is 2.01. The van der Waals surface area contributed by atoms with Crippen LogP contribution < -0.4 is 5.32 Å². The Morgan fingerprint density at radius 2 is 2.17 bits per heavy atom. The van der Waals surface area contributed by atoms with Crippen molar-refractivity contribution in [3.05, 3.63) is 33.8 Å². The molecule has 0 unspecified atom stereocenters. The minimum Gasteiger partial charge on any atom is -0.390 e. The molecule has 2 aliphatic rings. The monoisotopic (exact) mass is 427 g/mol. The van der Waals surface area contributed by atoms with Crippen LogP contribution in [0.25, 0.3) is 20.8 Å². The van der Waals surface area contributed by atoms with Crippen LogP contribution in [0.4, 0.5) is 0 Å². The molecule has 2 N–H and O–H groups in total. The average Bonchev–Trinajstić information content (AvgIpc) is 3.14. The number of nitrogens with one attached hydrogen (secondary N) is 1. The molecule has 1 aliphatic carbocycles. The number of hydrogen-bond donors (Lipinski definition) is 2. The Kier molecular flexibility index (Phi) is 5.24. The van der Waals surface area contributed by atoms with Crippen LogP contribution in [0.2, 0.25) is 0 Å². The van der Waals surface area contributed by atoms with E-state index in [9.17, 15) is 9.90 Å². The summed E-state index contributed by atoms with van der Waals surface area (Å²) in [5.41, 5.74) is 3.10. The van der Waals surface area contributed by atoms with E-state index in [1.807, 2.05) is 12.3 Å². The number of thiophene rings is 1. The Morgan fingerprint density at radius 1 is 1.28 bits per heavy atom. The highest BCUT2D eigenvalue weighted by atomic mass is 32.1. The van der Waals surface area contributed by atoms with Crippen molar-refractivity contribution >= 4 is 38.7 Å². The minimum atomic E-state index is -0.405. The summed E-state index contributed by atoms with van der Waals surface area (Å²) in [5, 5.41) is 14.4. The fourth-order valence-electron chi connectivity index (χ4n) is 4.09. The molecule has 5 nitrogen and oxygen atoms in total. The molecule has 4 heterocycles. The second-order valence-electron chi connectivity index (χ2n) is 8.24. The first-order valence-corrected chi connectivity index (χ1v) is 12.0. The van der Waals surface area contributed by atoms with E-state index in [1.165, 1.54) is 16.0 Å². The van der Waals surface area contributed by atoms with Crippen molar-refractivity contribution in [3.63, 3.8) is 0 Å². The Hall–Kier alpha value is -1.67. The number of pyridine rings is 1. The van der Waals surface area contributed by atoms with Crippen LogP contribution in [0.5, 0.6) is 0 Å². The number of rotatable bonds is 8. The zero-order valence-electron chi connectivity index (χ0n) is 16.4.